The van der Waals surface area contributed by atoms with Crippen molar-refractivity contribution in [3.8, 4) is 0 Å². The van der Waals surface area contributed by atoms with Gasteiger partial charge in [-0.3, -0.25) is 0 Å². The summed E-state index contributed by atoms with van der Waals surface area (Å²) in [5, 5.41) is 0. The van der Waals surface area contributed by atoms with E-state index in [-0.39, 0.29) is 0 Å². The van der Waals surface area contributed by atoms with Gasteiger partial charge in [-0.15, -0.1) is 6.58 Å². The maximum atomic E-state index is 4.40. The van der Waals surface area contributed by atoms with Gasteiger partial charge in [-0.2, -0.15) is 0 Å². The summed E-state index contributed by atoms with van der Waals surface area (Å²) in [7, 11) is 0. The van der Waals surface area contributed by atoms with Crippen LogP contribution in [0.4, 0.5) is 0 Å². The fourth-order valence-corrected chi connectivity index (χ4v) is 3.81. The molecule has 0 nitrogen and oxygen atoms in total. The molecule has 0 saturated heterocycles. The lowest BCUT2D eigenvalue weighted by molar-refractivity contribution is 0.413. The highest BCUT2D eigenvalue weighted by Crippen LogP contribution is 2.25. The van der Waals surface area contributed by atoms with Crippen LogP contribution >= 0.6 is 0 Å². The first-order chi connectivity index (χ1) is 13.0. The van der Waals surface area contributed by atoms with Gasteiger partial charge in [0.1, 0.15) is 0 Å². The van der Waals surface area contributed by atoms with E-state index in [1.54, 1.807) is 0 Å². The molecular weight excluding hydrogens is 324 g/mol. The molecule has 0 spiro atoms. The van der Waals surface area contributed by atoms with Gasteiger partial charge >= 0.3 is 0 Å². The molecule has 0 heterocycles. The summed E-state index contributed by atoms with van der Waals surface area (Å²) in [6.45, 7) is 17.5. The molecule has 2 unspecified atom stereocenters. The van der Waals surface area contributed by atoms with Gasteiger partial charge in [0.15, 0.2) is 0 Å². The highest BCUT2D eigenvalue weighted by atomic mass is 14.2. The second kappa shape index (κ2) is 18.6. The molecule has 158 valence electrons. The van der Waals surface area contributed by atoms with Crippen molar-refractivity contribution in [3.05, 3.63) is 36.5 Å². The van der Waals surface area contributed by atoms with Crippen LogP contribution in [-0.2, 0) is 0 Å². The molecule has 0 aliphatic carbocycles. The molecule has 0 rings (SSSR count). The van der Waals surface area contributed by atoms with Crippen LogP contribution in [0.2, 0.25) is 0 Å². The minimum atomic E-state index is 0.792. The number of unbranched alkanes of at least 4 members (excludes halogenated alkanes) is 5. The maximum absolute atomic E-state index is 4.40. The lowest BCUT2D eigenvalue weighted by Crippen LogP contribution is -2.03. The highest BCUT2D eigenvalue weighted by molar-refractivity contribution is 4.98. The third-order valence-corrected chi connectivity index (χ3v) is 5.96. The Kier molecular flexibility index (Phi) is 18.0. The predicted molar refractivity (Wildman–Crippen MR) is 126 cm³/mol. The number of rotatable bonds is 19. The zero-order valence-electron chi connectivity index (χ0n) is 19.3. The van der Waals surface area contributed by atoms with Gasteiger partial charge in [-0.05, 0) is 70.1 Å². The lowest BCUT2D eigenvalue weighted by atomic mass is 9.88. The van der Waals surface area contributed by atoms with E-state index in [0.717, 1.165) is 11.8 Å². The minimum absolute atomic E-state index is 0.792. The van der Waals surface area contributed by atoms with E-state index in [4.69, 9.17) is 0 Å². The van der Waals surface area contributed by atoms with Gasteiger partial charge < -0.3 is 0 Å². The van der Waals surface area contributed by atoms with Crippen LogP contribution < -0.4 is 0 Å². The average molecular weight is 375 g/mol. The van der Waals surface area contributed by atoms with Crippen LogP contribution in [0.3, 0.4) is 0 Å². The Morgan fingerprint density at radius 2 is 1.48 bits per heavy atom. The predicted octanol–water partition coefficient (Wildman–Crippen LogP) is 9.82. The first kappa shape index (κ1) is 26.2. The van der Waals surface area contributed by atoms with Crippen molar-refractivity contribution in [2.45, 2.75) is 124 Å². The van der Waals surface area contributed by atoms with Crippen LogP contribution in [0.5, 0.6) is 0 Å². The molecule has 0 fully saturated rings. The summed E-state index contributed by atoms with van der Waals surface area (Å²) in [5.41, 5.74) is 2.82. The molecule has 27 heavy (non-hydrogen) atoms. The van der Waals surface area contributed by atoms with E-state index < -0.39 is 0 Å². The third kappa shape index (κ3) is 17.1. The van der Waals surface area contributed by atoms with Gasteiger partial charge in [0.2, 0.25) is 0 Å². The third-order valence-electron chi connectivity index (χ3n) is 5.96. The normalized spacial score (nSPS) is 13.8. The van der Waals surface area contributed by atoms with E-state index in [0.29, 0.717) is 0 Å². The first-order valence-corrected chi connectivity index (χ1v) is 12.0. The zero-order valence-corrected chi connectivity index (χ0v) is 19.3. The number of hydrogen-bond donors (Lipinski definition) is 0. The van der Waals surface area contributed by atoms with E-state index in [1.807, 2.05) is 0 Å². The quantitative estimate of drug-likeness (QED) is 0.156. The molecule has 0 radical (unpaired) electrons. The number of hydrogen-bond acceptors (Lipinski definition) is 0. The summed E-state index contributed by atoms with van der Waals surface area (Å²) in [6, 6.07) is 0. The summed E-state index contributed by atoms with van der Waals surface area (Å²) < 4.78 is 0. The molecule has 0 bridgehead atoms. The molecule has 0 N–H and O–H groups in total. The average Bonchev–Trinajstić information content (AvgIpc) is 2.65. The molecular formula is C27H50. The standard InChI is InChI=1S/C27H50/c1-7-10-19-26(8-2)22-21-25(6)23-27(9-3)20-17-15-13-11-12-14-16-18-24(4)5/h15,17,26-27H,4,6-14,16,18-23H2,1-3,5H3/b17-15+. The second-order valence-corrected chi connectivity index (χ2v) is 8.80. The van der Waals surface area contributed by atoms with Crippen molar-refractivity contribution in [3.63, 3.8) is 0 Å². The molecule has 0 aliphatic heterocycles. The largest absolute Gasteiger partial charge is 0.100 e. The first-order valence-electron chi connectivity index (χ1n) is 12.0. The Morgan fingerprint density at radius 1 is 0.778 bits per heavy atom. The van der Waals surface area contributed by atoms with Crippen LogP contribution in [0.15, 0.2) is 36.5 Å². The molecule has 0 heteroatoms. The van der Waals surface area contributed by atoms with Gasteiger partial charge in [-0.25, -0.2) is 0 Å². The van der Waals surface area contributed by atoms with Gasteiger partial charge in [0, 0.05) is 0 Å². The van der Waals surface area contributed by atoms with Gasteiger partial charge in [-0.1, -0.05) is 95.6 Å². The van der Waals surface area contributed by atoms with E-state index in [1.165, 1.54) is 107 Å². The molecule has 0 aromatic carbocycles. The van der Waals surface area contributed by atoms with Gasteiger partial charge in [0.25, 0.3) is 0 Å². The second-order valence-electron chi connectivity index (χ2n) is 8.80. The van der Waals surface area contributed by atoms with Crippen LogP contribution in [0.1, 0.15) is 124 Å². The van der Waals surface area contributed by atoms with Crippen molar-refractivity contribution in [1.29, 1.82) is 0 Å². The molecule has 0 aromatic rings. The van der Waals surface area contributed by atoms with Crippen molar-refractivity contribution in [2.24, 2.45) is 11.8 Å². The Balaban J connectivity index is 3.85. The summed E-state index contributed by atoms with van der Waals surface area (Å²) in [6.07, 6.45) is 24.5. The maximum Gasteiger partial charge on any atom is -0.0292 e. The molecule has 0 aliphatic rings. The SMILES string of the molecule is C=C(C)CCCCCC/C=C/CC(CC)CC(=C)CCC(CC)CCCC. The van der Waals surface area contributed by atoms with Gasteiger partial charge in [0.05, 0.1) is 0 Å². The Morgan fingerprint density at radius 3 is 2.11 bits per heavy atom. The van der Waals surface area contributed by atoms with Crippen molar-refractivity contribution < 1.29 is 0 Å². The van der Waals surface area contributed by atoms with Crippen molar-refractivity contribution >= 4 is 0 Å². The molecule has 2 atom stereocenters. The molecule has 0 amide bonds. The van der Waals surface area contributed by atoms with E-state index >= 15 is 0 Å². The van der Waals surface area contributed by atoms with Crippen LogP contribution in [-0.4, -0.2) is 0 Å². The Labute approximate surface area is 172 Å². The van der Waals surface area contributed by atoms with Crippen molar-refractivity contribution in [2.75, 3.05) is 0 Å². The van der Waals surface area contributed by atoms with E-state index in [9.17, 15) is 0 Å². The van der Waals surface area contributed by atoms with E-state index in [2.05, 4.69) is 53.0 Å². The zero-order chi connectivity index (χ0) is 20.3. The topological polar surface area (TPSA) is 0 Å². The number of allylic oxidation sites excluding steroid dienone is 4. The summed E-state index contributed by atoms with van der Waals surface area (Å²) >= 11 is 0. The van der Waals surface area contributed by atoms with Crippen LogP contribution in [0.25, 0.3) is 0 Å². The fourth-order valence-electron chi connectivity index (χ4n) is 3.81. The Bertz CT molecular complexity index is 387. The highest BCUT2D eigenvalue weighted by Gasteiger charge is 2.10. The van der Waals surface area contributed by atoms with Crippen LogP contribution in [0, 0.1) is 11.8 Å². The molecule has 0 saturated carbocycles. The Hall–Kier alpha value is -0.780. The van der Waals surface area contributed by atoms with Crippen molar-refractivity contribution in [1.82, 2.24) is 0 Å². The minimum Gasteiger partial charge on any atom is -0.100 e. The molecule has 0 aromatic heterocycles. The monoisotopic (exact) mass is 374 g/mol. The summed E-state index contributed by atoms with van der Waals surface area (Å²) in [5.74, 6) is 1.71. The summed E-state index contributed by atoms with van der Waals surface area (Å²) in [4.78, 5) is 0. The smallest absolute Gasteiger partial charge is 0.0292 e. The lowest BCUT2D eigenvalue weighted by Gasteiger charge is -2.18. The fraction of sp³-hybridized carbons (Fsp3) is 0.778.